The summed E-state index contributed by atoms with van der Waals surface area (Å²) in [6.45, 7) is 7.59. The number of carbonyl (C=O) groups is 1. The van der Waals surface area contributed by atoms with Gasteiger partial charge in [-0.1, -0.05) is 0 Å². The van der Waals surface area contributed by atoms with E-state index in [1.165, 1.54) is 16.7 Å². The smallest absolute Gasteiger partial charge is 0.262 e. The van der Waals surface area contributed by atoms with Crippen molar-refractivity contribution in [1.82, 2.24) is 24.7 Å². The maximum Gasteiger partial charge on any atom is 0.262 e. The Morgan fingerprint density at radius 3 is 2.97 bits per heavy atom. The molecule has 0 radical (unpaired) electrons. The molecule has 5 rings (SSSR count). The molecule has 2 aliphatic rings. The number of morpholine rings is 1. The number of carbonyl (C=O) groups excluding carboxylic acids is 1. The Bertz CT molecular complexity index is 1170. The molecule has 11 heteroatoms. The molecule has 1 amide bonds. The van der Waals surface area contributed by atoms with Gasteiger partial charge in [-0.2, -0.15) is 4.98 Å². The van der Waals surface area contributed by atoms with Crippen LogP contribution in [0.3, 0.4) is 0 Å². The van der Waals surface area contributed by atoms with Gasteiger partial charge in [-0.3, -0.25) is 4.79 Å². The van der Waals surface area contributed by atoms with E-state index in [4.69, 9.17) is 9.47 Å². The first-order chi connectivity index (χ1) is 15.5. The Labute approximate surface area is 183 Å². The molecule has 0 bridgehead atoms. The molecule has 3 aromatic rings. The summed E-state index contributed by atoms with van der Waals surface area (Å²) in [5.74, 6) is -0.362. The average molecular weight is 441 g/mol. The van der Waals surface area contributed by atoms with Gasteiger partial charge in [0.15, 0.2) is 11.5 Å². The highest BCUT2D eigenvalue weighted by Gasteiger charge is 2.46. The van der Waals surface area contributed by atoms with E-state index in [1.807, 2.05) is 11.8 Å². The predicted molar refractivity (Wildman–Crippen MR) is 115 cm³/mol. The molecule has 0 aliphatic carbocycles. The van der Waals surface area contributed by atoms with Crippen LogP contribution in [0.2, 0.25) is 0 Å². The third kappa shape index (κ3) is 3.73. The van der Waals surface area contributed by atoms with Gasteiger partial charge >= 0.3 is 0 Å². The summed E-state index contributed by atoms with van der Waals surface area (Å²) in [4.78, 5) is 27.8. The molecule has 0 unspecified atom stereocenters. The van der Waals surface area contributed by atoms with Crippen molar-refractivity contribution < 1.29 is 18.7 Å². The van der Waals surface area contributed by atoms with Crippen LogP contribution in [0.15, 0.2) is 24.7 Å². The first kappa shape index (κ1) is 20.6. The van der Waals surface area contributed by atoms with Crippen LogP contribution in [-0.2, 0) is 4.74 Å². The molecule has 2 saturated heterocycles. The molecule has 3 aromatic heterocycles. The number of fused-ring (bicyclic) bond motifs is 1. The molecule has 2 fully saturated rings. The molecule has 0 atom stereocenters. The lowest BCUT2D eigenvalue weighted by molar-refractivity contribution is -0.0834. The second-order valence-corrected chi connectivity index (χ2v) is 8.03. The first-order valence-corrected chi connectivity index (χ1v) is 10.5. The van der Waals surface area contributed by atoms with Crippen molar-refractivity contribution in [2.75, 3.05) is 49.6 Å². The summed E-state index contributed by atoms with van der Waals surface area (Å²) in [6, 6.07) is 1.23. The van der Waals surface area contributed by atoms with Crippen molar-refractivity contribution >= 4 is 23.2 Å². The van der Waals surface area contributed by atoms with E-state index in [0.29, 0.717) is 37.9 Å². The summed E-state index contributed by atoms with van der Waals surface area (Å²) in [5.41, 5.74) is 1.13. The summed E-state index contributed by atoms with van der Waals surface area (Å²) in [5, 5.41) is 6.04. The highest BCUT2D eigenvalue weighted by molar-refractivity contribution is 6.05. The van der Waals surface area contributed by atoms with Crippen LogP contribution in [0.4, 0.5) is 16.0 Å². The van der Waals surface area contributed by atoms with E-state index < -0.39 is 11.7 Å². The van der Waals surface area contributed by atoms with Gasteiger partial charge in [0.25, 0.3) is 5.91 Å². The molecule has 5 heterocycles. The van der Waals surface area contributed by atoms with Crippen LogP contribution in [0.25, 0.3) is 5.65 Å². The number of hydrogen-bond donors (Lipinski definition) is 2. The van der Waals surface area contributed by atoms with Crippen molar-refractivity contribution in [3.05, 3.63) is 41.7 Å². The molecule has 0 saturated carbocycles. The monoisotopic (exact) mass is 441 g/mol. The number of anilines is 2. The van der Waals surface area contributed by atoms with Crippen molar-refractivity contribution in [1.29, 1.82) is 0 Å². The van der Waals surface area contributed by atoms with Crippen LogP contribution in [0.5, 0.6) is 5.88 Å². The average Bonchev–Trinajstić information content (AvgIpc) is 3.13. The maximum atomic E-state index is 14.3. The highest BCUT2D eigenvalue weighted by atomic mass is 19.1. The van der Waals surface area contributed by atoms with Crippen molar-refractivity contribution in [2.45, 2.75) is 19.4 Å². The zero-order valence-electron chi connectivity index (χ0n) is 17.9. The van der Waals surface area contributed by atoms with Gasteiger partial charge in [-0.25, -0.2) is 14.4 Å². The number of ether oxygens (including phenoxy) is 2. The second kappa shape index (κ2) is 7.99. The largest absolute Gasteiger partial charge is 0.477 e. The van der Waals surface area contributed by atoms with E-state index >= 15 is 0 Å². The quantitative estimate of drug-likeness (QED) is 0.612. The molecule has 32 heavy (non-hydrogen) atoms. The number of hydrogen-bond acceptors (Lipinski definition) is 8. The van der Waals surface area contributed by atoms with E-state index in [2.05, 4.69) is 25.6 Å². The molecule has 168 valence electrons. The molecule has 0 aromatic carbocycles. The lowest BCUT2D eigenvalue weighted by atomic mass is 9.93. The number of halogens is 1. The Kier molecular flexibility index (Phi) is 5.14. The minimum absolute atomic E-state index is 0.170. The molecule has 2 aliphatic heterocycles. The molecular formula is C21H24FN7O3. The van der Waals surface area contributed by atoms with Gasteiger partial charge in [0.1, 0.15) is 11.2 Å². The van der Waals surface area contributed by atoms with Crippen LogP contribution >= 0.6 is 0 Å². The van der Waals surface area contributed by atoms with Gasteiger partial charge in [-0.05, 0) is 13.8 Å². The highest BCUT2D eigenvalue weighted by Crippen LogP contribution is 2.31. The third-order valence-corrected chi connectivity index (χ3v) is 5.53. The fourth-order valence-electron chi connectivity index (χ4n) is 4.06. The maximum absolute atomic E-state index is 14.3. The van der Waals surface area contributed by atoms with E-state index in [9.17, 15) is 9.18 Å². The second-order valence-electron chi connectivity index (χ2n) is 8.03. The summed E-state index contributed by atoms with van der Waals surface area (Å²) in [7, 11) is 0. The lowest BCUT2D eigenvalue weighted by Gasteiger charge is -2.51. The number of rotatable bonds is 5. The normalized spacial score (nSPS) is 17.4. The number of imidazole rings is 1. The Hall–Kier alpha value is -3.31. The van der Waals surface area contributed by atoms with E-state index in [1.54, 1.807) is 19.3 Å². The van der Waals surface area contributed by atoms with Crippen LogP contribution in [0.1, 0.15) is 23.0 Å². The van der Waals surface area contributed by atoms with Crippen LogP contribution < -0.4 is 20.3 Å². The minimum Gasteiger partial charge on any atom is -0.477 e. The summed E-state index contributed by atoms with van der Waals surface area (Å²) >= 11 is 0. The first-order valence-electron chi connectivity index (χ1n) is 10.5. The zero-order valence-corrected chi connectivity index (χ0v) is 17.9. The van der Waals surface area contributed by atoms with Crippen molar-refractivity contribution in [2.24, 2.45) is 0 Å². The number of aromatic nitrogens is 4. The van der Waals surface area contributed by atoms with Gasteiger partial charge in [-0.15, -0.1) is 0 Å². The Balaban J connectivity index is 1.35. The van der Waals surface area contributed by atoms with Gasteiger partial charge < -0.3 is 29.4 Å². The number of amides is 1. The Morgan fingerprint density at radius 1 is 1.38 bits per heavy atom. The topological polar surface area (TPSA) is 106 Å². The molecule has 1 spiro atoms. The summed E-state index contributed by atoms with van der Waals surface area (Å²) < 4.78 is 27.4. The van der Waals surface area contributed by atoms with Gasteiger partial charge in [0.05, 0.1) is 37.7 Å². The number of nitrogens with zero attached hydrogens (tertiary/aromatic N) is 5. The van der Waals surface area contributed by atoms with Gasteiger partial charge in [0, 0.05) is 37.7 Å². The zero-order chi connectivity index (χ0) is 22.3. The van der Waals surface area contributed by atoms with Crippen LogP contribution in [-0.4, -0.2) is 70.3 Å². The third-order valence-electron chi connectivity index (χ3n) is 5.53. The standard InChI is InChI=1S/C21H24FN7O3/c1-3-31-19-15(7-24-20(27-19)29-11-21(12-29)10-23-4-5-32-21)18(30)26-14-6-16(22)17-25-13(2)8-28(17)9-14/h6-9,23H,3-5,10-12H2,1-2H3,(H,26,30). The fraction of sp³-hybridized carbons (Fsp3) is 0.429. The molecule has 2 N–H and O–H groups in total. The number of aryl methyl sites for hydroxylation is 1. The predicted octanol–water partition coefficient (Wildman–Crippen LogP) is 1.40. The van der Waals surface area contributed by atoms with Gasteiger partial charge in [0.2, 0.25) is 11.8 Å². The summed E-state index contributed by atoms with van der Waals surface area (Å²) in [6.07, 6.45) is 4.72. The SMILES string of the molecule is CCOc1nc(N2CC3(CNCCO3)C2)ncc1C(=O)Nc1cc(F)c2nc(C)cn2c1. The molecule has 10 nitrogen and oxygen atoms in total. The number of pyridine rings is 1. The minimum atomic E-state index is -0.529. The number of nitrogens with one attached hydrogen (secondary N) is 2. The van der Waals surface area contributed by atoms with E-state index in [0.717, 1.165) is 13.1 Å². The fourth-order valence-corrected chi connectivity index (χ4v) is 4.06. The Morgan fingerprint density at radius 2 is 2.22 bits per heavy atom. The molecular weight excluding hydrogens is 417 g/mol. The van der Waals surface area contributed by atoms with Crippen molar-refractivity contribution in [3.8, 4) is 5.88 Å². The lowest BCUT2D eigenvalue weighted by Crippen LogP contribution is -2.70. The van der Waals surface area contributed by atoms with Crippen LogP contribution in [0, 0.1) is 12.7 Å². The van der Waals surface area contributed by atoms with Crippen molar-refractivity contribution in [3.63, 3.8) is 0 Å². The van der Waals surface area contributed by atoms with E-state index in [-0.39, 0.29) is 28.4 Å².